The second-order valence-corrected chi connectivity index (χ2v) is 6.87. The lowest BCUT2D eigenvalue weighted by Gasteiger charge is -2.17. The molecule has 0 bridgehead atoms. The summed E-state index contributed by atoms with van der Waals surface area (Å²) in [6, 6.07) is 13.2. The molecular weight excluding hydrogens is 384 g/mol. The molecule has 0 atom stereocenters. The molecule has 152 valence electrons. The van der Waals surface area contributed by atoms with Gasteiger partial charge in [0.2, 0.25) is 11.6 Å². The number of carbonyl (C=O) groups excluding carboxylic acids is 4. The number of ketones is 2. The summed E-state index contributed by atoms with van der Waals surface area (Å²) in [4.78, 5) is 50.0. The minimum absolute atomic E-state index is 0.0188. The number of esters is 2. The lowest BCUT2D eigenvalue weighted by molar-refractivity contribution is -0.119. The van der Waals surface area contributed by atoms with Gasteiger partial charge < -0.3 is 9.47 Å². The molecule has 0 heterocycles. The van der Waals surface area contributed by atoms with Crippen molar-refractivity contribution in [1.29, 1.82) is 0 Å². The smallest absolute Gasteiger partial charge is 0.343 e. The Morgan fingerprint density at radius 2 is 1.23 bits per heavy atom. The van der Waals surface area contributed by atoms with Crippen molar-refractivity contribution in [3.63, 3.8) is 0 Å². The SMILES string of the molecule is CCC1=C(OC(=O)c2ccc(C)cc2)C(=O)C=C(OC(=O)c2ccc(C)cc2)C1=O. The zero-order valence-corrected chi connectivity index (χ0v) is 16.9. The Labute approximate surface area is 173 Å². The Balaban J connectivity index is 1.80. The Morgan fingerprint density at radius 3 is 1.70 bits per heavy atom. The Morgan fingerprint density at radius 1 is 0.767 bits per heavy atom. The molecule has 0 saturated heterocycles. The lowest BCUT2D eigenvalue weighted by Crippen LogP contribution is -2.25. The maximum atomic E-state index is 12.7. The van der Waals surface area contributed by atoms with E-state index in [0.29, 0.717) is 0 Å². The average molecular weight is 404 g/mol. The van der Waals surface area contributed by atoms with Crippen LogP contribution in [0.15, 0.2) is 71.7 Å². The molecule has 0 aromatic heterocycles. The van der Waals surface area contributed by atoms with E-state index in [4.69, 9.17) is 9.47 Å². The Kier molecular flexibility index (Phi) is 6.06. The van der Waals surface area contributed by atoms with Crippen LogP contribution in [-0.4, -0.2) is 23.5 Å². The minimum Gasteiger partial charge on any atom is -0.419 e. The molecular formula is C24H20O6. The number of hydrogen-bond acceptors (Lipinski definition) is 6. The average Bonchev–Trinajstić information content (AvgIpc) is 2.72. The molecule has 0 unspecified atom stereocenters. The van der Waals surface area contributed by atoms with Gasteiger partial charge in [-0.15, -0.1) is 0 Å². The van der Waals surface area contributed by atoms with Crippen molar-refractivity contribution >= 4 is 23.5 Å². The summed E-state index contributed by atoms with van der Waals surface area (Å²) in [6.45, 7) is 5.39. The van der Waals surface area contributed by atoms with Gasteiger partial charge >= 0.3 is 11.9 Å². The lowest BCUT2D eigenvalue weighted by atomic mass is 9.97. The minimum atomic E-state index is -0.752. The third kappa shape index (κ3) is 4.43. The molecule has 6 nitrogen and oxygen atoms in total. The first kappa shape index (κ1) is 20.9. The molecule has 0 radical (unpaired) electrons. The van der Waals surface area contributed by atoms with E-state index in [1.807, 2.05) is 13.8 Å². The van der Waals surface area contributed by atoms with Crippen LogP contribution < -0.4 is 0 Å². The molecule has 6 heteroatoms. The van der Waals surface area contributed by atoms with Gasteiger partial charge in [-0.05, 0) is 44.5 Å². The predicted molar refractivity (Wildman–Crippen MR) is 109 cm³/mol. The van der Waals surface area contributed by atoms with Gasteiger partial charge in [0.15, 0.2) is 11.5 Å². The van der Waals surface area contributed by atoms with Gasteiger partial charge in [-0.25, -0.2) is 9.59 Å². The van der Waals surface area contributed by atoms with Crippen molar-refractivity contribution in [1.82, 2.24) is 0 Å². The third-order valence-electron chi connectivity index (χ3n) is 4.58. The van der Waals surface area contributed by atoms with Crippen molar-refractivity contribution in [2.24, 2.45) is 0 Å². The van der Waals surface area contributed by atoms with Gasteiger partial charge in [0.25, 0.3) is 0 Å². The number of benzene rings is 2. The molecule has 30 heavy (non-hydrogen) atoms. The fourth-order valence-electron chi connectivity index (χ4n) is 2.85. The molecule has 0 aliphatic heterocycles. The van der Waals surface area contributed by atoms with Gasteiger partial charge in [-0.2, -0.15) is 0 Å². The van der Waals surface area contributed by atoms with Gasteiger partial charge in [0.1, 0.15) is 0 Å². The highest BCUT2D eigenvalue weighted by Crippen LogP contribution is 2.25. The zero-order valence-electron chi connectivity index (χ0n) is 16.9. The number of ether oxygens (including phenoxy) is 2. The van der Waals surface area contributed by atoms with Crippen molar-refractivity contribution < 1.29 is 28.7 Å². The first-order chi connectivity index (χ1) is 14.3. The molecule has 3 rings (SSSR count). The van der Waals surface area contributed by atoms with Crippen LogP contribution in [0.25, 0.3) is 0 Å². The monoisotopic (exact) mass is 404 g/mol. The van der Waals surface area contributed by atoms with E-state index in [2.05, 4.69) is 0 Å². The number of allylic oxidation sites excluding steroid dienone is 2. The second-order valence-electron chi connectivity index (χ2n) is 6.87. The number of carbonyl (C=O) groups is 4. The summed E-state index contributed by atoms with van der Waals surface area (Å²) in [7, 11) is 0. The summed E-state index contributed by atoms with van der Waals surface area (Å²) >= 11 is 0. The summed E-state index contributed by atoms with van der Waals surface area (Å²) in [5.74, 6) is -3.60. The molecule has 1 aliphatic rings. The Bertz CT molecular complexity index is 1090. The molecule has 0 N–H and O–H groups in total. The van der Waals surface area contributed by atoms with E-state index in [1.165, 1.54) is 0 Å². The molecule has 2 aromatic carbocycles. The molecule has 0 amide bonds. The highest BCUT2D eigenvalue weighted by molar-refractivity contribution is 6.22. The first-order valence-electron chi connectivity index (χ1n) is 9.41. The maximum Gasteiger partial charge on any atom is 0.343 e. The first-order valence-corrected chi connectivity index (χ1v) is 9.41. The van der Waals surface area contributed by atoms with E-state index < -0.39 is 29.3 Å². The predicted octanol–water partition coefficient (Wildman–Crippen LogP) is 4.02. The van der Waals surface area contributed by atoms with Crippen LogP contribution in [0, 0.1) is 13.8 Å². The van der Waals surface area contributed by atoms with Crippen molar-refractivity contribution in [3.05, 3.63) is 94.0 Å². The van der Waals surface area contributed by atoms with Gasteiger partial charge in [0.05, 0.1) is 16.7 Å². The second kappa shape index (κ2) is 8.69. The van der Waals surface area contributed by atoms with Gasteiger partial charge in [-0.3, -0.25) is 9.59 Å². The van der Waals surface area contributed by atoms with Gasteiger partial charge in [0, 0.05) is 6.08 Å². The van der Waals surface area contributed by atoms with E-state index in [-0.39, 0.29) is 28.9 Å². The summed E-state index contributed by atoms with van der Waals surface area (Å²) in [5.41, 5.74) is 2.41. The zero-order chi connectivity index (χ0) is 21.8. The standard InChI is InChI=1S/C24H20O6/c1-4-18-21(26)20(29-23(27)16-9-5-14(2)6-10-16)13-19(25)22(18)30-24(28)17-11-7-15(3)8-12-17/h5-13H,4H2,1-3H3. The highest BCUT2D eigenvalue weighted by Gasteiger charge is 2.33. The third-order valence-corrected chi connectivity index (χ3v) is 4.58. The quantitative estimate of drug-likeness (QED) is 0.553. The number of rotatable bonds is 5. The topological polar surface area (TPSA) is 86.7 Å². The van der Waals surface area contributed by atoms with E-state index in [1.54, 1.807) is 55.5 Å². The molecule has 0 fully saturated rings. The largest absolute Gasteiger partial charge is 0.419 e. The molecule has 2 aromatic rings. The number of Topliss-reactive ketones (excluding diaryl/α,β-unsaturated/α-hetero) is 1. The maximum absolute atomic E-state index is 12.7. The Hall–Kier alpha value is -3.80. The fraction of sp³-hybridized carbons (Fsp3) is 0.167. The normalized spacial score (nSPS) is 13.8. The van der Waals surface area contributed by atoms with E-state index >= 15 is 0 Å². The number of aryl methyl sites for hydroxylation is 2. The fourth-order valence-corrected chi connectivity index (χ4v) is 2.85. The van der Waals surface area contributed by atoms with Crippen LogP contribution in [-0.2, 0) is 19.1 Å². The molecule has 0 spiro atoms. The summed E-state index contributed by atoms with van der Waals surface area (Å²) < 4.78 is 10.4. The van der Waals surface area contributed by atoms with Crippen LogP contribution >= 0.6 is 0 Å². The van der Waals surface area contributed by atoms with Crippen LogP contribution in [0.2, 0.25) is 0 Å². The van der Waals surface area contributed by atoms with E-state index in [9.17, 15) is 19.2 Å². The summed E-state index contributed by atoms with van der Waals surface area (Å²) in [6.07, 6.45) is 1.01. The van der Waals surface area contributed by atoms with Crippen molar-refractivity contribution in [2.45, 2.75) is 27.2 Å². The molecule has 1 aliphatic carbocycles. The van der Waals surface area contributed by atoms with Crippen molar-refractivity contribution in [3.8, 4) is 0 Å². The highest BCUT2D eigenvalue weighted by atomic mass is 16.5. The van der Waals surface area contributed by atoms with Crippen LogP contribution in [0.4, 0.5) is 0 Å². The van der Waals surface area contributed by atoms with Crippen LogP contribution in [0.5, 0.6) is 0 Å². The van der Waals surface area contributed by atoms with E-state index in [0.717, 1.165) is 17.2 Å². The van der Waals surface area contributed by atoms with Crippen LogP contribution in [0.1, 0.15) is 45.2 Å². The summed E-state index contributed by atoms with van der Waals surface area (Å²) in [5, 5.41) is 0. The number of hydrogen-bond donors (Lipinski definition) is 0. The van der Waals surface area contributed by atoms with Crippen molar-refractivity contribution in [2.75, 3.05) is 0 Å². The van der Waals surface area contributed by atoms with Gasteiger partial charge in [-0.1, -0.05) is 42.3 Å². The van der Waals surface area contributed by atoms with Crippen LogP contribution in [0.3, 0.4) is 0 Å². The molecule has 0 saturated carbocycles.